The minimum atomic E-state index is -0.336. The SMILES string of the molecule is Cc1occc1C(=O)NCC(=O)Nc1ccc(Sc2ccc(Br)cc2)cc1. The van der Waals surface area contributed by atoms with Crippen molar-refractivity contribution in [3.63, 3.8) is 0 Å². The number of carbonyl (C=O) groups is 2. The predicted molar refractivity (Wildman–Crippen MR) is 109 cm³/mol. The molecule has 0 bridgehead atoms. The molecule has 1 aromatic heterocycles. The van der Waals surface area contributed by atoms with Crippen LogP contribution in [0.4, 0.5) is 5.69 Å². The Balaban J connectivity index is 1.50. The van der Waals surface area contributed by atoms with Gasteiger partial charge in [0.1, 0.15) is 5.76 Å². The van der Waals surface area contributed by atoms with E-state index in [1.807, 2.05) is 48.5 Å². The molecule has 3 rings (SSSR count). The van der Waals surface area contributed by atoms with E-state index in [0.29, 0.717) is 17.0 Å². The summed E-state index contributed by atoms with van der Waals surface area (Å²) in [6.07, 6.45) is 1.44. The van der Waals surface area contributed by atoms with Crippen LogP contribution in [0, 0.1) is 6.92 Å². The molecule has 7 heteroatoms. The monoisotopic (exact) mass is 444 g/mol. The molecular weight excluding hydrogens is 428 g/mol. The number of hydrogen-bond acceptors (Lipinski definition) is 4. The Morgan fingerprint density at radius 3 is 2.22 bits per heavy atom. The van der Waals surface area contributed by atoms with Crippen LogP contribution in [0.3, 0.4) is 0 Å². The maximum absolute atomic E-state index is 12.0. The zero-order valence-electron chi connectivity index (χ0n) is 14.5. The molecule has 1 heterocycles. The summed E-state index contributed by atoms with van der Waals surface area (Å²) >= 11 is 5.06. The Hall–Kier alpha value is -2.51. The first-order chi connectivity index (χ1) is 13.0. The fraction of sp³-hybridized carbons (Fsp3) is 0.100. The first-order valence-corrected chi connectivity index (χ1v) is 9.78. The van der Waals surface area contributed by atoms with E-state index >= 15 is 0 Å². The van der Waals surface area contributed by atoms with Crippen LogP contribution in [0.1, 0.15) is 16.1 Å². The Kier molecular flexibility index (Phi) is 6.36. The second kappa shape index (κ2) is 8.92. The second-order valence-electron chi connectivity index (χ2n) is 5.70. The molecule has 3 aromatic rings. The normalized spacial score (nSPS) is 10.4. The third kappa shape index (κ3) is 5.48. The third-order valence-corrected chi connectivity index (χ3v) is 5.24. The largest absolute Gasteiger partial charge is 0.469 e. The summed E-state index contributed by atoms with van der Waals surface area (Å²) in [5.74, 6) is -0.109. The van der Waals surface area contributed by atoms with Crippen LogP contribution in [0.5, 0.6) is 0 Å². The standard InChI is InChI=1S/C20H17BrN2O3S/c1-13-18(10-11-26-13)20(25)22-12-19(24)23-15-4-8-17(9-5-15)27-16-6-2-14(21)3-7-16/h2-11H,12H2,1H3,(H,22,25)(H,23,24). The molecular formula is C20H17BrN2O3S. The number of rotatable bonds is 6. The molecule has 0 aliphatic rings. The topological polar surface area (TPSA) is 71.3 Å². The average molecular weight is 445 g/mol. The Bertz CT molecular complexity index is 937. The van der Waals surface area contributed by atoms with Gasteiger partial charge < -0.3 is 15.1 Å². The summed E-state index contributed by atoms with van der Waals surface area (Å²) in [7, 11) is 0. The number of nitrogens with one attached hydrogen (secondary N) is 2. The van der Waals surface area contributed by atoms with E-state index in [1.165, 1.54) is 6.26 Å². The summed E-state index contributed by atoms with van der Waals surface area (Å²) < 4.78 is 6.12. The molecule has 0 spiro atoms. The summed E-state index contributed by atoms with van der Waals surface area (Å²) in [6, 6.07) is 17.2. The number of aryl methyl sites for hydroxylation is 1. The van der Waals surface area contributed by atoms with Gasteiger partial charge in [0.05, 0.1) is 18.4 Å². The zero-order valence-corrected chi connectivity index (χ0v) is 16.9. The molecule has 0 aliphatic carbocycles. The zero-order chi connectivity index (χ0) is 19.2. The Morgan fingerprint density at radius 1 is 1.00 bits per heavy atom. The lowest BCUT2D eigenvalue weighted by molar-refractivity contribution is -0.115. The molecule has 5 nitrogen and oxygen atoms in total. The number of halogens is 1. The van der Waals surface area contributed by atoms with Gasteiger partial charge in [-0.05, 0) is 61.5 Å². The smallest absolute Gasteiger partial charge is 0.255 e. The highest BCUT2D eigenvalue weighted by Gasteiger charge is 2.12. The van der Waals surface area contributed by atoms with Crippen molar-refractivity contribution in [3.8, 4) is 0 Å². The van der Waals surface area contributed by atoms with Gasteiger partial charge in [-0.2, -0.15) is 0 Å². The molecule has 138 valence electrons. The van der Waals surface area contributed by atoms with E-state index in [0.717, 1.165) is 14.3 Å². The number of amides is 2. The molecule has 0 radical (unpaired) electrons. The van der Waals surface area contributed by atoms with Crippen molar-refractivity contribution in [2.24, 2.45) is 0 Å². The molecule has 27 heavy (non-hydrogen) atoms. The highest BCUT2D eigenvalue weighted by Crippen LogP contribution is 2.29. The Labute approximate surface area is 169 Å². The highest BCUT2D eigenvalue weighted by molar-refractivity contribution is 9.10. The van der Waals surface area contributed by atoms with Gasteiger partial charge in [0, 0.05) is 20.0 Å². The van der Waals surface area contributed by atoms with E-state index < -0.39 is 0 Å². The molecule has 2 aromatic carbocycles. The molecule has 0 aliphatic heterocycles. The summed E-state index contributed by atoms with van der Waals surface area (Å²) in [5, 5.41) is 5.34. The quantitative estimate of drug-likeness (QED) is 0.568. The minimum Gasteiger partial charge on any atom is -0.469 e. The van der Waals surface area contributed by atoms with Crippen molar-refractivity contribution in [2.75, 3.05) is 11.9 Å². The van der Waals surface area contributed by atoms with Crippen LogP contribution in [-0.2, 0) is 4.79 Å². The second-order valence-corrected chi connectivity index (χ2v) is 7.76. The first kappa shape index (κ1) is 19.3. The van der Waals surface area contributed by atoms with Gasteiger partial charge in [-0.25, -0.2) is 0 Å². The van der Waals surface area contributed by atoms with Gasteiger partial charge in [-0.1, -0.05) is 27.7 Å². The number of carbonyl (C=O) groups excluding carboxylic acids is 2. The fourth-order valence-corrected chi connectivity index (χ4v) is 3.41. The van der Waals surface area contributed by atoms with Gasteiger partial charge in [0.2, 0.25) is 5.91 Å². The van der Waals surface area contributed by atoms with Crippen LogP contribution in [-0.4, -0.2) is 18.4 Å². The van der Waals surface area contributed by atoms with Gasteiger partial charge in [0.15, 0.2) is 0 Å². The maximum Gasteiger partial charge on any atom is 0.255 e. The lowest BCUT2D eigenvalue weighted by Gasteiger charge is -2.08. The van der Waals surface area contributed by atoms with E-state index in [9.17, 15) is 9.59 Å². The number of hydrogen-bond donors (Lipinski definition) is 2. The van der Waals surface area contributed by atoms with E-state index in [2.05, 4.69) is 26.6 Å². The van der Waals surface area contributed by atoms with E-state index in [4.69, 9.17) is 4.42 Å². The lowest BCUT2D eigenvalue weighted by atomic mass is 10.2. The van der Waals surface area contributed by atoms with E-state index in [1.54, 1.807) is 24.8 Å². The van der Waals surface area contributed by atoms with Crippen molar-refractivity contribution >= 4 is 45.2 Å². The summed E-state index contributed by atoms with van der Waals surface area (Å²) in [5.41, 5.74) is 1.10. The third-order valence-electron chi connectivity index (χ3n) is 3.70. The molecule has 2 N–H and O–H groups in total. The molecule has 0 saturated carbocycles. The molecule has 0 fully saturated rings. The fourth-order valence-electron chi connectivity index (χ4n) is 2.33. The van der Waals surface area contributed by atoms with E-state index in [-0.39, 0.29) is 18.4 Å². The van der Waals surface area contributed by atoms with Crippen molar-refractivity contribution in [3.05, 3.63) is 76.7 Å². The predicted octanol–water partition coefficient (Wildman–Crippen LogP) is 4.87. The van der Waals surface area contributed by atoms with Crippen LogP contribution >= 0.6 is 27.7 Å². The highest BCUT2D eigenvalue weighted by atomic mass is 79.9. The summed E-state index contributed by atoms with van der Waals surface area (Å²) in [4.78, 5) is 26.2. The Morgan fingerprint density at radius 2 is 1.63 bits per heavy atom. The number of anilines is 1. The number of furan rings is 1. The van der Waals surface area contributed by atoms with Gasteiger partial charge >= 0.3 is 0 Å². The number of benzene rings is 2. The van der Waals surface area contributed by atoms with Gasteiger partial charge in [-0.15, -0.1) is 0 Å². The maximum atomic E-state index is 12.0. The molecule has 2 amide bonds. The average Bonchev–Trinajstić information content (AvgIpc) is 3.09. The van der Waals surface area contributed by atoms with Gasteiger partial charge in [-0.3, -0.25) is 9.59 Å². The van der Waals surface area contributed by atoms with Gasteiger partial charge in [0.25, 0.3) is 5.91 Å². The van der Waals surface area contributed by atoms with Crippen LogP contribution < -0.4 is 10.6 Å². The lowest BCUT2D eigenvalue weighted by Crippen LogP contribution is -2.32. The summed E-state index contributed by atoms with van der Waals surface area (Å²) in [6.45, 7) is 1.58. The first-order valence-electron chi connectivity index (χ1n) is 8.17. The molecule has 0 saturated heterocycles. The molecule has 0 atom stereocenters. The van der Waals surface area contributed by atoms with Crippen LogP contribution in [0.25, 0.3) is 0 Å². The minimum absolute atomic E-state index is 0.112. The van der Waals surface area contributed by atoms with Crippen LogP contribution in [0.15, 0.2) is 79.5 Å². The van der Waals surface area contributed by atoms with Crippen molar-refractivity contribution in [1.29, 1.82) is 0 Å². The van der Waals surface area contributed by atoms with Crippen molar-refractivity contribution < 1.29 is 14.0 Å². The molecule has 0 unspecified atom stereocenters. The van der Waals surface area contributed by atoms with Crippen molar-refractivity contribution in [1.82, 2.24) is 5.32 Å². The van der Waals surface area contributed by atoms with Crippen molar-refractivity contribution in [2.45, 2.75) is 16.7 Å². The van der Waals surface area contributed by atoms with Crippen LogP contribution in [0.2, 0.25) is 0 Å².